The van der Waals surface area contributed by atoms with E-state index in [4.69, 9.17) is 0 Å². The van der Waals surface area contributed by atoms with Crippen molar-refractivity contribution in [3.63, 3.8) is 0 Å². The van der Waals surface area contributed by atoms with Crippen LogP contribution in [0, 0.1) is 0 Å². The Morgan fingerprint density at radius 2 is 1.50 bits per heavy atom. The Morgan fingerprint density at radius 1 is 0.750 bits per heavy atom. The lowest BCUT2D eigenvalue weighted by Crippen LogP contribution is -1.86. The molecule has 0 amide bonds. The number of hydrogen-bond acceptors (Lipinski definition) is 1. The molecule has 2 heteroatoms. The van der Waals surface area contributed by atoms with Crippen LogP contribution in [0.5, 0.6) is 0 Å². The second kappa shape index (κ2) is 9.24. The number of thiophene rings is 1. The van der Waals surface area contributed by atoms with Crippen LogP contribution in [0.3, 0.4) is 0 Å². The molecule has 0 saturated heterocycles. The molecule has 0 N–H and O–H groups in total. The summed E-state index contributed by atoms with van der Waals surface area (Å²) in [6.07, 6.45) is 9.35. The smallest absolute Gasteiger partial charge is 0.0366 e. The van der Waals surface area contributed by atoms with Gasteiger partial charge in [-0.05, 0) is 58.8 Å². The number of rotatable bonds is 8. The fraction of sp³-hybridized carbons (Fsp3) is 0.308. The van der Waals surface area contributed by atoms with Crippen molar-refractivity contribution in [1.82, 2.24) is 0 Å². The minimum atomic E-state index is 1.17. The lowest BCUT2D eigenvalue weighted by Gasteiger charge is -2.05. The number of fused-ring (bicyclic) bond motifs is 2. The van der Waals surface area contributed by atoms with E-state index in [1.165, 1.54) is 86.3 Å². The van der Waals surface area contributed by atoms with Crippen molar-refractivity contribution >= 4 is 48.1 Å². The van der Waals surface area contributed by atoms with Crippen LogP contribution in [0.4, 0.5) is 0 Å². The largest absolute Gasteiger partial charge is 0.135 e. The molecule has 1 heterocycles. The number of aryl methyl sites for hydroxylation is 1. The molecule has 4 rings (SSSR count). The molecule has 144 valence electrons. The van der Waals surface area contributed by atoms with Gasteiger partial charge in [0.1, 0.15) is 0 Å². The molecule has 0 saturated carbocycles. The maximum absolute atomic E-state index is 3.79. The molecule has 0 radical (unpaired) electrons. The maximum Gasteiger partial charge on any atom is 0.0366 e. The first kappa shape index (κ1) is 19.7. The van der Waals surface area contributed by atoms with E-state index in [1.807, 2.05) is 11.3 Å². The van der Waals surface area contributed by atoms with Gasteiger partial charge in [0.05, 0.1) is 0 Å². The third-order valence-corrected chi connectivity index (χ3v) is 7.31. The number of hydrogen-bond donors (Lipinski definition) is 0. The van der Waals surface area contributed by atoms with Gasteiger partial charge in [0, 0.05) is 19.6 Å². The molecule has 0 bridgehead atoms. The van der Waals surface area contributed by atoms with Crippen molar-refractivity contribution in [1.29, 1.82) is 0 Å². The van der Waals surface area contributed by atoms with Gasteiger partial charge in [-0.1, -0.05) is 91.4 Å². The second-order valence-corrected chi connectivity index (χ2v) is 9.62. The van der Waals surface area contributed by atoms with Crippen molar-refractivity contribution in [2.75, 3.05) is 0 Å². The second-order valence-electron chi connectivity index (χ2n) is 7.68. The summed E-state index contributed by atoms with van der Waals surface area (Å²) >= 11 is 5.68. The Morgan fingerprint density at radius 3 is 2.32 bits per heavy atom. The monoisotopic (exact) mass is 450 g/mol. The predicted octanol–water partition coefficient (Wildman–Crippen LogP) is 9.39. The van der Waals surface area contributed by atoms with Gasteiger partial charge >= 0.3 is 0 Å². The maximum atomic E-state index is 3.79. The highest BCUT2D eigenvalue weighted by molar-refractivity contribution is 9.10. The van der Waals surface area contributed by atoms with E-state index in [-0.39, 0.29) is 0 Å². The summed E-state index contributed by atoms with van der Waals surface area (Å²) in [4.78, 5) is 1.34. The van der Waals surface area contributed by atoms with E-state index >= 15 is 0 Å². The summed E-state index contributed by atoms with van der Waals surface area (Å²) in [5.41, 5.74) is 2.77. The van der Waals surface area contributed by atoms with Gasteiger partial charge in [-0.25, -0.2) is 0 Å². The van der Waals surface area contributed by atoms with E-state index in [0.717, 1.165) is 0 Å². The minimum absolute atomic E-state index is 1.17. The van der Waals surface area contributed by atoms with Crippen molar-refractivity contribution in [3.8, 4) is 10.4 Å². The highest BCUT2D eigenvalue weighted by atomic mass is 79.9. The summed E-state index contributed by atoms with van der Waals surface area (Å²) in [6.45, 7) is 2.28. The van der Waals surface area contributed by atoms with Gasteiger partial charge < -0.3 is 0 Å². The zero-order valence-electron chi connectivity index (χ0n) is 16.5. The van der Waals surface area contributed by atoms with Crippen LogP contribution < -0.4 is 0 Å². The number of unbranched alkanes of at least 4 members (excludes halogenated alkanes) is 5. The van der Waals surface area contributed by atoms with Crippen molar-refractivity contribution in [2.24, 2.45) is 0 Å². The Balaban J connectivity index is 1.53. The predicted molar refractivity (Wildman–Crippen MR) is 130 cm³/mol. The lowest BCUT2D eigenvalue weighted by atomic mass is 10.0. The van der Waals surface area contributed by atoms with Crippen molar-refractivity contribution in [3.05, 3.63) is 70.7 Å². The SMILES string of the molecule is CCCCCCCCc1ccc2sc(-c3cc4ccccc4cc3Br)cc2c1. The number of benzene rings is 3. The fourth-order valence-corrected chi connectivity index (χ4v) is 5.67. The van der Waals surface area contributed by atoms with Crippen molar-refractivity contribution in [2.45, 2.75) is 51.9 Å². The van der Waals surface area contributed by atoms with Crippen LogP contribution in [-0.2, 0) is 6.42 Å². The molecule has 0 aliphatic carbocycles. The Labute approximate surface area is 180 Å². The van der Waals surface area contributed by atoms with Gasteiger partial charge in [0.15, 0.2) is 0 Å². The molecule has 4 aromatic rings. The van der Waals surface area contributed by atoms with Crippen LogP contribution in [0.25, 0.3) is 31.3 Å². The van der Waals surface area contributed by atoms with Crippen molar-refractivity contribution < 1.29 is 0 Å². The average Bonchev–Trinajstić information content (AvgIpc) is 3.13. The molecule has 1 aromatic heterocycles. The summed E-state index contributed by atoms with van der Waals surface area (Å²) in [5.74, 6) is 0. The lowest BCUT2D eigenvalue weighted by molar-refractivity contribution is 0.607. The summed E-state index contributed by atoms with van der Waals surface area (Å²) < 4.78 is 2.55. The third kappa shape index (κ3) is 4.50. The highest BCUT2D eigenvalue weighted by Crippen LogP contribution is 2.39. The zero-order chi connectivity index (χ0) is 19.3. The summed E-state index contributed by atoms with van der Waals surface area (Å²) in [6, 6.07) is 22.5. The summed E-state index contributed by atoms with van der Waals surface area (Å²) in [7, 11) is 0. The highest BCUT2D eigenvalue weighted by Gasteiger charge is 2.10. The molecule has 0 unspecified atom stereocenters. The zero-order valence-corrected chi connectivity index (χ0v) is 18.9. The quantitative estimate of drug-likeness (QED) is 0.234. The van der Waals surface area contributed by atoms with E-state index in [2.05, 4.69) is 83.5 Å². The van der Waals surface area contributed by atoms with Crippen LogP contribution in [0.15, 0.2) is 65.1 Å². The van der Waals surface area contributed by atoms with E-state index in [0.29, 0.717) is 0 Å². The first-order valence-corrected chi connectivity index (χ1v) is 12.1. The topological polar surface area (TPSA) is 0 Å². The molecule has 0 aliphatic rings. The first-order valence-electron chi connectivity index (χ1n) is 10.5. The third-order valence-electron chi connectivity index (χ3n) is 5.50. The normalized spacial score (nSPS) is 11.5. The minimum Gasteiger partial charge on any atom is -0.135 e. The molecule has 0 aliphatic heterocycles. The van der Waals surface area contributed by atoms with E-state index in [9.17, 15) is 0 Å². The van der Waals surface area contributed by atoms with Gasteiger partial charge in [-0.2, -0.15) is 0 Å². The average molecular weight is 451 g/mol. The Hall–Kier alpha value is -1.64. The molecule has 3 aromatic carbocycles. The standard InChI is InChI=1S/C26H27BrS/c1-2-3-4-5-6-7-10-19-13-14-25-22(15-19)18-26(28-25)23-16-20-11-8-9-12-21(20)17-24(23)27/h8-9,11-18H,2-7,10H2,1H3. The van der Waals surface area contributed by atoms with E-state index < -0.39 is 0 Å². The van der Waals surface area contributed by atoms with Gasteiger partial charge in [-0.15, -0.1) is 11.3 Å². The molecule has 0 nitrogen and oxygen atoms in total. The first-order chi connectivity index (χ1) is 13.7. The molecular formula is C26H27BrS. The Kier molecular flexibility index (Phi) is 6.49. The van der Waals surface area contributed by atoms with Crippen LogP contribution in [-0.4, -0.2) is 0 Å². The van der Waals surface area contributed by atoms with Crippen LogP contribution in [0.1, 0.15) is 51.0 Å². The van der Waals surface area contributed by atoms with Crippen LogP contribution >= 0.6 is 27.3 Å². The molecule has 28 heavy (non-hydrogen) atoms. The van der Waals surface area contributed by atoms with Gasteiger partial charge in [-0.3, -0.25) is 0 Å². The summed E-state index contributed by atoms with van der Waals surface area (Å²) in [5, 5.41) is 3.95. The molecular weight excluding hydrogens is 424 g/mol. The fourth-order valence-electron chi connectivity index (χ4n) is 3.89. The number of halogens is 1. The van der Waals surface area contributed by atoms with E-state index in [1.54, 1.807) is 0 Å². The van der Waals surface area contributed by atoms with Gasteiger partial charge in [0.25, 0.3) is 0 Å². The van der Waals surface area contributed by atoms with Gasteiger partial charge in [0.2, 0.25) is 0 Å². The molecule has 0 atom stereocenters. The molecule has 0 fully saturated rings. The van der Waals surface area contributed by atoms with Crippen LogP contribution in [0.2, 0.25) is 0 Å². The Bertz CT molecular complexity index is 1080. The molecule has 0 spiro atoms.